The molecule has 0 N–H and O–H groups in total. The Balaban J connectivity index is 1.73. The molecule has 2 nitrogen and oxygen atoms in total. The minimum atomic E-state index is 0.143. The van der Waals surface area contributed by atoms with Crippen molar-refractivity contribution in [2.24, 2.45) is 0 Å². The van der Waals surface area contributed by atoms with Crippen LogP contribution in [-0.2, 0) is 5.41 Å². The lowest BCUT2D eigenvalue weighted by molar-refractivity contribution is 0.590. The lowest BCUT2D eigenvalue weighted by Crippen LogP contribution is -2.10. The molecule has 146 valence electrons. The van der Waals surface area contributed by atoms with Gasteiger partial charge < -0.3 is 4.57 Å². The summed E-state index contributed by atoms with van der Waals surface area (Å²) in [6.45, 7) is 6.76. The number of fused-ring (bicyclic) bond motifs is 7. The summed E-state index contributed by atoms with van der Waals surface area (Å²) < 4.78 is 5.00. The van der Waals surface area contributed by atoms with Gasteiger partial charge >= 0.3 is 0 Å². The molecule has 0 amide bonds. The summed E-state index contributed by atoms with van der Waals surface area (Å²) in [6.07, 6.45) is 1.90. The first-order chi connectivity index (χ1) is 14.5. The Hall–Kier alpha value is -3.17. The van der Waals surface area contributed by atoms with Crippen LogP contribution >= 0.6 is 11.3 Å². The number of thiophene rings is 1. The predicted octanol–water partition coefficient (Wildman–Crippen LogP) is 7.84. The maximum absolute atomic E-state index is 4.82. The molecule has 30 heavy (non-hydrogen) atoms. The van der Waals surface area contributed by atoms with E-state index in [1.807, 2.05) is 23.6 Å². The van der Waals surface area contributed by atoms with E-state index in [1.54, 1.807) is 0 Å². The molecule has 0 aliphatic heterocycles. The zero-order valence-corrected chi connectivity index (χ0v) is 18.1. The molecule has 0 unspecified atom stereocenters. The maximum atomic E-state index is 4.82. The van der Waals surface area contributed by atoms with Gasteiger partial charge in [-0.15, -0.1) is 11.3 Å². The zero-order valence-electron chi connectivity index (χ0n) is 17.3. The van der Waals surface area contributed by atoms with Crippen molar-refractivity contribution < 1.29 is 0 Å². The highest BCUT2D eigenvalue weighted by Gasteiger charge is 2.19. The van der Waals surface area contributed by atoms with Crippen LogP contribution in [0, 0.1) is 0 Å². The van der Waals surface area contributed by atoms with Crippen LogP contribution in [0.15, 0.2) is 79.0 Å². The van der Waals surface area contributed by atoms with Crippen LogP contribution in [0.5, 0.6) is 0 Å². The van der Waals surface area contributed by atoms with Gasteiger partial charge in [-0.2, -0.15) is 0 Å². The van der Waals surface area contributed by atoms with Gasteiger partial charge in [-0.3, -0.25) is 4.98 Å². The normalized spacial score (nSPS) is 12.5. The van der Waals surface area contributed by atoms with Crippen LogP contribution in [0.1, 0.15) is 26.3 Å². The fourth-order valence-corrected chi connectivity index (χ4v) is 5.73. The van der Waals surface area contributed by atoms with Gasteiger partial charge in [0.2, 0.25) is 0 Å². The average Bonchev–Trinajstić information content (AvgIpc) is 3.29. The van der Waals surface area contributed by atoms with E-state index in [9.17, 15) is 0 Å². The molecule has 0 saturated heterocycles. The Bertz CT molecular complexity index is 1560. The monoisotopic (exact) mass is 406 g/mol. The molecule has 3 aromatic carbocycles. The first kappa shape index (κ1) is 17.7. The van der Waals surface area contributed by atoms with Crippen LogP contribution < -0.4 is 0 Å². The fourth-order valence-electron chi connectivity index (χ4n) is 4.48. The van der Waals surface area contributed by atoms with Gasteiger partial charge in [0.25, 0.3) is 0 Å². The first-order valence-electron chi connectivity index (χ1n) is 10.3. The molecule has 6 aromatic rings. The maximum Gasteiger partial charge on any atom is 0.0977 e. The summed E-state index contributed by atoms with van der Waals surface area (Å²) >= 11 is 1.87. The molecular formula is C27H22N2S. The van der Waals surface area contributed by atoms with Gasteiger partial charge in [-0.05, 0) is 47.4 Å². The minimum Gasteiger partial charge on any atom is -0.308 e. The Labute approximate surface area is 179 Å². The standard InChI is InChI=1S/C27H22N2S/c1-27(2,3)17-10-12-18(13-11-17)29-21-15-14-20-19-7-4-5-9-23(19)30-26(20)24(21)25-22(29)8-6-16-28-25/h4-16H,1-3H3. The number of hydrogen-bond donors (Lipinski definition) is 0. The Kier molecular flexibility index (Phi) is 3.63. The fraction of sp³-hybridized carbons (Fsp3) is 0.148. The summed E-state index contributed by atoms with van der Waals surface area (Å²) in [5, 5.41) is 3.89. The molecule has 3 aromatic heterocycles. The van der Waals surface area contributed by atoms with E-state index in [-0.39, 0.29) is 5.41 Å². The summed E-state index contributed by atoms with van der Waals surface area (Å²) in [5.41, 5.74) is 6.11. The molecule has 6 rings (SSSR count). The van der Waals surface area contributed by atoms with E-state index < -0.39 is 0 Å². The highest BCUT2D eigenvalue weighted by atomic mass is 32.1. The minimum absolute atomic E-state index is 0.143. The molecular weight excluding hydrogens is 384 g/mol. The van der Waals surface area contributed by atoms with E-state index in [0.717, 1.165) is 11.0 Å². The van der Waals surface area contributed by atoms with Crippen molar-refractivity contribution in [3.05, 3.63) is 84.6 Å². The van der Waals surface area contributed by atoms with E-state index in [0.29, 0.717) is 0 Å². The molecule has 0 spiro atoms. The van der Waals surface area contributed by atoms with Gasteiger partial charge in [0.05, 0.1) is 16.6 Å². The molecule has 0 aliphatic rings. The lowest BCUT2D eigenvalue weighted by atomic mass is 9.87. The predicted molar refractivity (Wildman–Crippen MR) is 130 cm³/mol. The van der Waals surface area contributed by atoms with Gasteiger partial charge in [0.15, 0.2) is 0 Å². The molecule has 0 bridgehead atoms. The molecule has 3 heterocycles. The third-order valence-electron chi connectivity index (χ3n) is 6.02. The zero-order chi connectivity index (χ0) is 20.5. The van der Waals surface area contributed by atoms with Gasteiger partial charge in [0, 0.05) is 37.4 Å². The van der Waals surface area contributed by atoms with Crippen LogP contribution in [0.4, 0.5) is 0 Å². The van der Waals surface area contributed by atoms with Crippen molar-refractivity contribution in [3.8, 4) is 5.69 Å². The van der Waals surface area contributed by atoms with Crippen LogP contribution in [0.25, 0.3) is 47.8 Å². The first-order valence-corrected chi connectivity index (χ1v) is 11.1. The van der Waals surface area contributed by atoms with Crippen molar-refractivity contribution in [3.63, 3.8) is 0 Å². The highest BCUT2D eigenvalue weighted by Crippen LogP contribution is 2.42. The van der Waals surface area contributed by atoms with E-state index in [1.165, 1.54) is 42.3 Å². The smallest absolute Gasteiger partial charge is 0.0977 e. The molecule has 3 heteroatoms. The average molecular weight is 407 g/mol. The van der Waals surface area contributed by atoms with Crippen molar-refractivity contribution >= 4 is 53.4 Å². The second kappa shape index (κ2) is 6.16. The van der Waals surface area contributed by atoms with Gasteiger partial charge in [0.1, 0.15) is 0 Å². The molecule has 0 saturated carbocycles. The van der Waals surface area contributed by atoms with E-state index in [4.69, 9.17) is 4.98 Å². The topological polar surface area (TPSA) is 17.8 Å². The number of hydrogen-bond acceptors (Lipinski definition) is 2. The quantitative estimate of drug-likeness (QED) is 0.272. The summed E-state index contributed by atoms with van der Waals surface area (Å²) in [6, 6.07) is 26.4. The third kappa shape index (κ3) is 2.45. The van der Waals surface area contributed by atoms with E-state index in [2.05, 4.69) is 92.1 Å². The molecule has 0 atom stereocenters. The number of nitrogens with zero attached hydrogens (tertiary/aromatic N) is 2. The second-order valence-corrected chi connectivity index (χ2v) is 9.99. The lowest BCUT2D eigenvalue weighted by Gasteiger charge is -2.19. The summed E-state index contributed by atoms with van der Waals surface area (Å²) in [5.74, 6) is 0. The Morgan fingerprint density at radius 1 is 0.767 bits per heavy atom. The van der Waals surface area contributed by atoms with Crippen molar-refractivity contribution in [2.45, 2.75) is 26.2 Å². The van der Waals surface area contributed by atoms with Crippen LogP contribution in [0.3, 0.4) is 0 Å². The van der Waals surface area contributed by atoms with Crippen molar-refractivity contribution in [2.75, 3.05) is 0 Å². The van der Waals surface area contributed by atoms with Crippen LogP contribution in [-0.4, -0.2) is 9.55 Å². The van der Waals surface area contributed by atoms with E-state index >= 15 is 0 Å². The van der Waals surface area contributed by atoms with Crippen LogP contribution in [0.2, 0.25) is 0 Å². The van der Waals surface area contributed by atoms with Crippen molar-refractivity contribution in [1.29, 1.82) is 0 Å². The Morgan fingerprint density at radius 2 is 1.57 bits per heavy atom. The van der Waals surface area contributed by atoms with Crippen molar-refractivity contribution in [1.82, 2.24) is 9.55 Å². The molecule has 0 aliphatic carbocycles. The number of aromatic nitrogens is 2. The SMILES string of the molecule is CC(C)(C)c1ccc(-n2c3cccnc3c3c4sc5ccccc5c4ccc32)cc1. The summed E-state index contributed by atoms with van der Waals surface area (Å²) in [7, 11) is 0. The second-order valence-electron chi connectivity index (χ2n) is 8.94. The largest absolute Gasteiger partial charge is 0.308 e. The third-order valence-corrected chi connectivity index (χ3v) is 7.23. The molecule has 0 fully saturated rings. The van der Waals surface area contributed by atoms with Gasteiger partial charge in [-0.25, -0.2) is 0 Å². The number of pyridine rings is 1. The number of rotatable bonds is 1. The highest BCUT2D eigenvalue weighted by molar-refractivity contribution is 7.26. The van der Waals surface area contributed by atoms with Gasteiger partial charge in [-0.1, -0.05) is 57.2 Å². The number of benzene rings is 3. The molecule has 0 radical (unpaired) electrons. The summed E-state index contributed by atoms with van der Waals surface area (Å²) in [4.78, 5) is 4.82. The Morgan fingerprint density at radius 3 is 2.37 bits per heavy atom.